The molecule has 1 saturated carbocycles. The van der Waals surface area contributed by atoms with E-state index in [4.69, 9.17) is 5.73 Å². The van der Waals surface area contributed by atoms with Gasteiger partial charge in [-0.25, -0.2) is 0 Å². The molecule has 0 radical (unpaired) electrons. The molecule has 0 aliphatic heterocycles. The molecular weight excluding hydrogens is 240 g/mol. The van der Waals surface area contributed by atoms with Gasteiger partial charge < -0.3 is 16.2 Å². The van der Waals surface area contributed by atoms with Gasteiger partial charge >= 0.3 is 0 Å². The van der Waals surface area contributed by atoms with Crippen molar-refractivity contribution in [3.8, 4) is 0 Å². The van der Waals surface area contributed by atoms with Crippen molar-refractivity contribution in [2.45, 2.75) is 58.4 Å². The van der Waals surface area contributed by atoms with Crippen LogP contribution in [0.4, 0.5) is 0 Å². The molecule has 3 atom stereocenters. The van der Waals surface area contributed by atoms with Gasteiger partial charge in [0.25, 0.3) is 0 Å². The molecule has 0 spiro atoms. The molecular formula is C15H30N2O2. The molecule has 112 valence electrons. The van der Waals surface area contributed by atoms with Gasteiger partial charge in [0.2, 0.25) is 5.91 Å². The molecule has 1 amide bonds. The smallest absolute Gasteiger partial charge is 0.220 e. The minimum absolute atomic E-state index is 0.0986. The van der Waals surface area contributed by atoms with Gasteiger partial charge in [0, 0.05) is 25.0 Å². The zero-order valence-electron chi connectivity index (χ0n) is 12.4. The van der Waals surface area contributed by atoms with Crippen LogP contribution in [0.25, 0.3) is 0 Å². The quantitative estimate of drug-likeness (QED) is 0.658. The van der Waals surface area contributed by atoms with Gasteiger partial charge in [-0.3, -0.25) is 4.79 Å². The number of nitrogens with one attached hydrogen (secondary N) is 1. The monoisotopic (exact) mass is 270 g/mol. The van der Waals surface area contributed by atoms with Crippen LogP contribution in [0.5, 0.6) is 0 Å². The van der Waals surface area contributed by atoms with Crippen molar-refractivity contribution in [3.05, 3.63) is 0 Å². The first kappa shape index (κ1) is 16.4. The summed E-state index contributed by atoms with van der Waals surface area (Å²) in [6, 6.07) is 0.156. The Balaban J connectivity index is 2.40. The molecule has 0 saturated heterocycles. The summed E-state index contributed by atoms with van der Waals surface area (Å²) in [5.74, 6) is 1.18. The lowest BCUT2D eigenvalue weighted by molar-refractivity contribution is -0.123. The van der Waals surface area contributed by atoms with Gasteiger partial charge in [-0.05, 0) is 37.6 Å². The average Bonchev–Trinajstić information content (AvgIpc) is 2.38. The molecule has 1 rings (SSSR count). The van der Waals surface area contributed by atoms with E-state index in [1.807, 2.05) is 0 Å². The third-order valence-electron chi connectivity index (χ3n) is 4.10. The van der Waals surface area contributed by atoms with E-state index in [9.17, 15) is 9.90 Å². The van der Waals surface area contributed by atoms with Crippen LogP contribution in [-0.2, 0) is 4.79 Å². The number of amides is 1. The Morgan fingerprint density at radius 3 is 2.63 bits per heavy atom. The maximum atomic E-state index is 12.1. The zero-order chi connectivity index (χ0) is 14.3. The Kier molecular flexibility index (Phi) is 7.39. The van der Waals surface area contributed by atoms with Crippen LogP contribution in [0.3, 0.4) is 0 Å². The number of carbonyl (C=O) groups is 1. The number of hydrogen-bond donors (Lipinski definition) is 3. The Labute approximate surface area is 117 Å². The van der Waals surface area contributed by atoms with E-state index in [1.54, 1.807) is 0 Å². The highest BCUT2D eigenvalue weighted by molar-refractivity contribution is 5.76. The second-order valence-corrected chi connectivity index (χ2v) is 6.34. The predicted molar refractivity (Wildman–Crippen MR) is 77.6 cm³/mol. The summed E-state index contributed by atoms with van der Waals surface area (Å²) >= 11 is 0. The topological polar surface area (TPSA) is 75.4 Å². The lowest BCUT2D eigenvalue weighted by Gasteiger charge is -2.31. The molecule has 1 aliphatic carbocycles. The molecule has 4 heteroatoms. The second-order valence-electron chi connectivity index (χ2n) is 6.34. The fraction of sp³-hybridized carbons (Fsp3) is 0.933. The molecule has 1 aliphatic rings. The van der Waals surface area contributed by atoms with Crippen molar-refractivity contribution in [2.75, 3.05) is 13.2 Å². The number of rotatable bonds is 7. The summed E-state index contributed by atoms with van der Waals surface area (Å²) in [4.78, 5) is 12.1. The van der Waals surface area contributed by atoms with Crippen LogP contribution >= 0.6 is 0 Å². The van der Waals surface area contributed by atoms with Crippen molar-refractivity contribution < 1.29 is 9.90 Å². The second kappa shape index (κ2) is 8.54. The lowest BCUT2D eigenvalue weighted by Crippen LogP contribution is -2.44. The normalized spacial score (nSPS) is 25.3. The number of carbonyl (C=O) groups excluding carboxylic acids is 1. The minimum atomic E-state index is 0.0986. The summed E-state index contributed by atoms with van der Waals surface area (Å²) in [6.45, 7) is 5.06. The van der Waals surface area contributed by atoms with Gasteiger partial charge in [-0.2, -0.15) is 0 Å². The maximum Gasteiger partial charge on any atom is 0.220 e. The minimum Gasteiger partial charge on any atom is -0.396 e. The van der Waals surface area contributed by atoms with Crippen molar-refractivity contribution >= 4 is 5.91 Å². The predicted octanol–water partition coefficient (Wildman–Crippen LogP) is 1.66. The number of aliphatic hydroxyl groups is 1. The molecule has 0 aromatic heterocycles. The summed E-state index contributed by atoms with van der Waals surface area (Å²) in [7, 11) is 0. The molecule has 0 aromatic carbocycles. The van der Waals surface area contributed by atoms with Gasteiger partial charge in [0.15, 0.2) is 0 Å². The fourth-order valence-corrected chi connectivity index (χ4v) is 3.07. The molecule has 0 bridgehead atoms. The lowest BCUT2D eigenvalue weighted by atomic mass is 9.84. The van der Waals surface area contributed by atoms with E-state index >= 15 is 0 Å². The largest absolute Gasteiger partial charge is 0.396 e. The highest BCUT2D eigenvalue weighted by atomic mass is 16.3. The van der Waals surface area contributed by atoms with Crippen molar-refractivity contribution in [1.82, 2.24) is 5.32 Å². The maximum absolute atomic E-state index is 12.1. The van der Waals surface area contributed by atoms with E-state index in [2.05, 4.69) is 19.2 Å². The van der Waals surface area contributed by atoms with Crippen LogP contribution in [0, 0.1) is 17.8 Å². The van der Waals surface area contributed by atoms with E-state index in [1.165, 1.54) is 0 Å². The van der Waals surface area contributed by atoms with Gasteiger partial charge in [-0.1, -0.05) is 26.7 Å². The molecule has 0 heterocycles. The van der Waals surface area contributed by atoms with Crippen molar-refractivity contribution in [1.29, 1.82) is 0 Å². The Morgan fingerprint density at radius 2 is 2.05 bits per heavy atom. The van der Waals surface area contributed by atoms with Crippen LogP contribution in [-0.4, -0.2) is 30.2 Å². The first-order valence-electron chi connectivity index (χ1n) is 7.67. The number of nitrogens with two attached hydrogens (primary N) is 1. The number of hydrogen-bond acceptors (Lipinski definition) is 3. The summed E-state index contributed by atoms with van der Waals surface area (Å²) < 4.78 is 0. The molecule has 1 fully saturated rings. The first-order valence-corrected chi connectivity index (χ1v) is 7.67. The third kappa shape index (κ3) is 5.91. The van der Waals surface area contributed by atoms with Crippen LogP contribution in [0.15, 0.2) is 0 Å². The van der Waals surface area contributed by atoms with E-state index in [0.29, 0.717) is 18.9 Å². The van der Waals surface area contributed by atoms with Crippen molar-refractivity contribution in [3.63, 3.8) is 0 Å². The van der Waals surface area contributed by atoms with Crippen LogP contribution in [0.2, 0.25) is 0 Å². The summed E-state index contributed by atoms with van der Waals surface area (Å²) in [5.41, 5.74) is 5.74. The van der Waals surface area contributed by atoms with Crippen LogP contribution < -0.4 is 11.1 Å². The molecule has 0 aromatic rings. The summed E-state index contributed by atoms with van der Waals surface area (Å²) in [5, 5.41) is 12.5. The molecule has 4 N–H and O–H groups in total. The Bertz CT molecular complexity index is 269. The fourth-order valence-electron chi connectivity index (χ4n) is 3.07. The highest BCUT2D eigenvalue weighted by Gasteiger charge is 2.26. The molecule has 3 unspecified atom stereocenters. The first-order chi connectivity index (χ1) is 9.06. The average molecular weight is 270 g/mol. The van der Waals surface area contributed by atoms with Crippen molar-refractivity contribution in [2.24, 2.45) is 23.5 Å². The summed E-state index contributed by atoms with van der Waals surface area (Å²) in [6.07, 6.45) is 5.84. The standard InChI is InChI=1S/C15H30N2O2/c1-11(2)7-12(9-16)8-15(19)17-14-6-4-3-5-13(14)10-18/h11-14,18H,3-10,16H2,1-2H3,(H,17,19). The number of aliphatic hydroxyl groups excluding tert-OH is 1. The third-order valence-corrected chi connectivity index (χ3v) is 4.10. The van der Waals surface area contributed by atoms with Crippen LogP contribution in [0.1, 0.15) is 52.4 Å². The van der Waals surface area contributed by atoms with E-state index in [-0.39, 0.29) is 30.4 Å². The Morgan fingerprint density at radius 1 is 1.37 bits per heavy atom. The zero-order valence-corrected chi connectivity index (χ0v) is 12.4. The van der Waals surface area contributed by atoms with E-state index in [0.717, 1.165) is 32.1 Å². The van der Waals surface area contributed by atoms with Gasteiger partial charge in [0.05, 0.1) is 0 Å². The van der Waals surface area contributed by atoms with Gasteiger partial charge in [-0.15, -0.1) is 0 Å². The Hall–Kier alpha value is -0.610. The molecule has 19 heavy (non-hydrogen) atoms. The highest BCUT2D eigenvalue weighted by Crippen LogP contribution is 2.24. The van der Waals surface area contributed by atoms with Gasteiger partial charge in [0.1, 0.15) is 0 Å². The SMILES string of the molecule is CC(C)CC(CN)CC(=O)NC1CCCCC1CO. The van der Waals surface area contributed by atoms with E-state index < -0.39 is 0 Å². The molecule has 4 nitrogen and oxygen atoms in total.